The van der Waals surface area contributed by atoms with Crippen LogP contribution in [0, 0.1) is 5.92 Å². The highest BCUT2D eigenvalue weighted by atomic mass is 35.5. The molecule has 2 saturated heterocycles. The van der Waals surface area contributed by atoms with Crippen LogP contribution in [0.1, 0.15) is 37.1 Å². The summed E-state index contributed by atoms with van der Waals surface area (Å²) in [6.45, 7) is 0.943. The molecule has 4 heterocycles. The Morgan fingerprint density at radius 3 is 1.94 bits per heavy atom. The number of nitrogens with one attached hydrogen (secondary N) is 2. The van der Waals surface area contributed by atoms with Gasteiger partial charge in [0.05, 0.1) is 65.3 Å². The minimum absolute atomic E-state index is 0.0571. The van der Waals surface area contributed by atoms with Crippen molar-refractivity contribution < 1.29 is 26.3 Å². The molecule has 12 nitrogen and oxygen atoms in total. The number of sulfonamides is 1. The molecule has 50 heavy (non-hydrogen) atoms. The molecular weight excluding hydrogens is 723 g/mol. The van der Waals surface area contributed by atoms with E-state index in [9.17, 15) is 16.8 Å². The predicted octanol–water partition coefficient (Wildman–Crippen LogP) is 5.13. The van der Waals surface area contributed by atoms with E-state index in [2.05, 4.69) is 20.0 Å². The van der Waals surface area contributed by atoms with E-state index in [0.717, 1.165) is 6.42 Å². The summed E-state index contributed by atoms with van der Waals surface area (Å²) in [5, 5.41) is 4.15. The Balaban J connectivity index is 1.19. The summed E-state index contributed by atoms with van der Waals surface area (Å²) in [6, 6.07) is 11.1. The average Bonchev–Trinajstić information content (AvgIpc) is 3.64. The second kappa shape index (κ2) is 15.5. The van der Waals surface area contributed by atoms with Gasteiger partial charge in [-0.3, -0.25) is 9.97 Å². The Labute approximate surface area is 302 Å². The fraction of sp³-hybridized carbons (Fsp3) is 0.412. The summed E-state index contributed by atoms with van der Waals surface area (Å²) in [5.74, 6) is 1.41. The standard InChI is InChI=1S/C34H38Cl2N6O6S2/c1-47-33-27(11-3-6-22-13-15-50(45,46)42-22)38-18-28(40-33)25-9-4-7-23(31(25)35)24-8-5-10-26(32(24)36)29-19-39-30(34(41-29)48-2)17-37-16-21-12-14-49(43,44)20-21/h4-5,7-10,18-19,21-22,37,42H,3,6,11-17,20H2,1-2H3/t21-,22+/m1/s1. The monoisotopic (exact) mass is 760 g/mol. The molecule has 2 aromatic carbocycles. The first kappa shape index (κ1) is 36.4. The molecule has 266 valence electrons. The number of sulfone groups is 1. The maximum absolute atomic E-state index is 11.8. The molecule has 2 fully saturated rings. The van der Waals surface area contributed by atoms with Crippen LogP contribution in [0.15, 0.2) is 48.8 Å². The van der Waals surface area contributed by atoms with Gasteiger partial charge in [0.15, 0.2) is 9.84 Å². The Hall–Kier alpha value is -3.40. The van der Waals surface area contributed by atoms with Crippen molar-refractivity contribution in [3.63, 3.8) is 0 Å². The minimum Gasteiger partial charge on any atom is -0.480 e. The van der Waals surface area contributed by atoms with Crippen molar-refractivity contribution in [2.45, 2.75) is 44.7 Å². The number of ether oxygens (including phenoxy) is 2. The van der Waals surface area contributed by atoms with Gasteiger partial charge in [0, 0.05) is 34.8 Å². The van der Waals surface area contributed by atoms with Crippen LogP contribution in [-0.2, 0) is 32.8 Å². The van der Waals surface area contributed by atoms with Gasteiger partial charge >= 0.3 is 0 Å². The number of hydrogen-bond acceptors (Lipinski definition) is 11. The van der Waals surface area contributed by atoms with E-state index in [1.165, 1.54) is 14.2 Å². The van der Waals surface area contributed by atoms with Crippen molar-refractivity contribution in [1.29, 1.82) is 0 Å². The van der Waals surface area contributed by atoms with Crippen LogP contribution in [0.3, 0.4) is 0 Å². The summed E-state index contributed by atoms with van der Waals surface area (Å²) >= 11 is 14.1. The Morgan fingerprint density at radius 2 is 1.40 bits per heavy atom. The SMILES string of the molecule is COc1nc(-c2cccc(-c3cccc(-c4cnc(CNC[C@H]5CCS(=O)(=O)C5)c(OC)n4)c3Cl)c2Cl)cnc1CCC[C@H]1CCS(=O)(=O)N1. The zero-order chi connectivity index (χ0) is 35.5. The van der Waals surface area contributed by atoms with E-state index < -0.39 is 19.9 Å². The fourth-order valence-corrected chi connectivity index (χ4v) is 10.3. The zero-order valence-corrected chi connectivity index (χ0v) is 30.8. The highest BCUT2D eigenvalue weighted by molar-refractivity contribution is 7.91. The summed E-state index contributed by atoms with van der Waals surface area (Å²) < 4.78 is 60.8. The first-order valence-corrected chi connectivity index (χ1v) is 20.5. The molecule has 2 aromatic heterocycles. The van der Waals surface area contributed by atoms with Gasteiger partial charge in [-0.25, -0.2) is 31.5 Å². The molecule has 6 rings (SSSR count). The van der Waals surface area contributed by atoms with E-state index in [-0.39, 0.29) is 29.2 Å². The summed E-state index contributed by atoms with van der Waals surface area (Å²) in [6.07, 6.45) is 6.58. The van der Waals surface area contributed by atoms with Crippen LogP contribution in [0.2, 0.25) is 10.0 Å². The molecule has 0 radical (unpaired) electrons. The molecule has 2 atom stereocenters. The van der Waals surface area contributed by atoms with Gasteiger partial charge < -0.3 is 14.8 Å². The Kier molecular flexibility index (Phi) is 11.3. The highest BCUT2D eigenvalue weighted by Crippen LogP contribution is 2.42. The highest BCUT2D eigenvalue weighted by Gasteiger charge is 2.28. The number of aromatic nitrogens is 4. The summed E-state index contributed by atoms with van der Waals surface area (Å²) in [5.41, 5.74) is 5.00. The van der Waals surface area contributed by atoms with Gasteiger partial charge in [0.25, 0.3) is 0 Å². The maximum atomic E-state index is 11.8. The molecule has 0 saturated carbocycles. The molecule has 2 aliphatic heterocycles. The van der Waals surface area contributed by atoms with Crippen molar-refractivity contribution in [2.75, 3.05) is 38.0 Å². The van der Waals surface area contributed by atoms with Crippen LogP contribution in [0.4, 0.5) is 0 Å². The van der Waals surface area contributed by atoms with Crippen molar-refractivity contribution in [3.05, 3.63) is 70.2 Å². The number of methoxy groups -OCH3 is 2. The van der Waals surface area contributed by atoms with Crippen LogP contribution < -0.4 is 19.5 Å². The molecule has 16 heteroatoms. The molecule has 2 aliphatic rings. The van der Waals surface area contributed by atoms with Gasteiger partial charge in [-0.05, 0) is 44.6 Å². The van der Waals surface area contributed by atoms with Crippen LogP contribution >= 0.6 is 23.2 Å². The molecule has 0 amide bonds. The largest absolute Gasteiger partial charge is 0.480 e. The second-order valence-electron chi connectivity index (χ2n) is 12.5. The zero-order valence-electron chi connectivity index (χ0n) is 27.7. The smallest absolute Gasteiger partial charge is 0.237 e. The topological polar surface area (TPSA) is 162 Å². The van der Waals surface area contributed by atoms with Crippen molar-refractivity contribution in [2.24, 2.45) is 5.92 Å². The van der Waals surface area contributed by atoms with Crippen LogP contribution in [0.25, 0.3) is 33.6 Å². The summed E-state index contributed by atoms with van der Waals surface area (Å²) in [7, 11) is -3.02. The molecule has 0 bridgehead atoms. The van der Waals surface area contributed by atoms with E-state index in [1.807, 2.05) is 36.4 Å². The minimum atomic E-state index is -3.15. The van der Waals surface area contributed by atoms with Gasteiger partial charge in [0.1, 0.15) is 11.4 Å². The second-order valence-corrected chi connectivity index (χ2v) is 17.3. The van der Waals surface area contributed by atoms with Crippen molar-refractivity contribution in [1.82, 2.24) is 30.0 Å². The van der Waals surface area contributed by atoms with E-state index in [0.29, 0.717) is 106 Å². The number of nitrogens with zero attached hydrogens (tertiary/aromatic N) is 4. The lowest BCUT2D eigenvalue weighted by atomic mass is 9.98. The van der Waals surface area contributed by atoms with E-state index >= 15 is 0 Å². The van der Waals surface area contributed by atoms with Gasteiger partial charge in [-0.15, -0.1) is 0 Å². The third-order valence-corrected chi connectivity index (χ3v) is 13.1. The lowest BCUT2D eigenvalue weighted by Crippen LogP contribution is -2.25. The maximum Gasteiger partial charge on any atom is 0.237 e. The van der Waals surface area contributed by atoms with E-state index in [4.69, 9.17) is 42.6 Å². The molecule has 0 spiro atoms. The average molecular weight is 762 g/mol. The lowest BCUT2D eigenvalue weighted by molar-refractivity contribution is 0.386. The Morgan fingerprint density at radius 1 is 0.820 bits per heavy atom. The lowest BCUT2D eigenvalue weighted by Gasteiger charge is -2.15. The quantitative estimate of drug-likeness (QED) is 0.186. The molecule has 2 N–H and O–H groups in total. The van der Waals surface area contributed by atoms with Crippen LogP contribution in [-0.4, -0.2) is 80.8 Å². The third-order valence-electron chi connectivity index (χ3n) is 8.95. The number of rotatable bonds is 13. The van der Waals surface area contributed by atoms with Gasteiger partial charge in [-0.2, -0.15) is 0 Å². The number of hydrogen-bond donors (Lipinski definition) is 2. The summed E-state index contributed by atoms with van der Waals surface area (Å²) in [4.78, 5) is 18.6. The normalized spacial score (nSPS) is 19.4. The Bertz CT molecular complexity index is 1950. The van der Waals surface area contributed by atoms with Crippen molar-refractivity contribution in [3.8, 4) is 45.4 Å². The molecule has 4 aromatic rings. The van der Waals surface area contributed by atoms with Crippen molar-refractivity contribution >= 4 is 43.1 Å². The number of benzene rings is 2. The first-order valence-electron chi connectivity index (χ1n) is 16.3. The fourth-order valence-electron chi connectivity index (χ4n) is 6.37. The number of aryl methyl sites for hydroxylation is 1. The number of halogens is 2. The molecule has 0 unspecified atom stereocenters. The van der Waals surface area contributed by atoms with Gasteiger partial charge in [-0.1, -0.05) is 59.6 Å². The molecular formula is C34H38Cl2N6O6S2. The third kappa shape index (κ3) is 8.38. The predicted molar refractivity (Wildman–Crippen MR) is 194 cm³/mol. The van der Waals surface area contributed by atoms with E-state index in [1.54, 1.807) is 12.4 Å². The first-order chi connectivity index (χ1) is 24.0. The van der Waals surface area contributed by atoms with Gasteiger partial charge in [0.2, 0.25) is 21.8 Å². The molecule has 0 aliphatic carbocycles. The van der Waals surface area contributed by atoms with Crippen LogP contribution in [0.5, 0.6) is 11.8 Å².